The zero-order valence-electron chi connectivity index (χ0n) is 15.9. The number of thiophene rings is 1. The molecule has 0 amide bonds. The predicted octanol–water partition coefficient (Wildman–Crippen LogP) is 3.96. The minimum Gasteiger partial charge on any atom is -0.292 e. The molecule has 0 unspecified atom stereocenters. The molecule has 28 heavy (non-hydrogen) atoms. The van der Waals surface area contributed by atoms with Gasteiger partial charge in [0.2, 0.25) is 0 Å². The molecule has 0 fully saturated rings. The highest BCUT2D eigenvalue weighted by Crippen LogP contribution is 2.30. The number of aromatic nitrogens is 4. The Morgan fingerprint density at radius 3 is 2.50 bits per heavy atom. The number of carbonyl (C=O) groups excluding carboxylic acids is 1. The molecule has 0 N–H and O–H groups in total. The van der Waals surface area contributed by atoms with Crippen molar-refractivity contribution in [2.45, 2.75) is 32.9 Å². The van der Waals surface area contributed by atoms with Crippen molar-refractivity contribution < 1.29 is 4.79 Å². The maximum absolute atomic E-state index is 13.2. The van der Waals surface area contributed by atoms with Crippen LogP contribution in [0.5, 0.6) is 0 Å². The molecule has 6 nitrogen and oxygen atoms in total. The van der Waals surface area contributed by atoms with Crippen molar-refractivity contribution in [3.8, 4) is 10.6 Å². The van der Waals surface area contributed by atoms with Crippen LogP contribution in [0.4, 0.5) is 0 Å². The zero-order valence-corrected chi connectivity index (χ0v) is 16.7. The van der Waals surface area contributed by atoms with Crippen LogP contribution in [0.1, 0.15) is 31.1 Å². The van der Waals surface area contributed by atoms with Crippen LogP contribution in [0.15, 0.2) is 58.8 Å². The van der Waals surface area contributed by atoms with E-state index in [4.69, 9.17) is 0 Å². The largest absolute Gasteiger partial charge is 0.293 e. The molecule has 4 rings (SSSR count). The van der Waals surface area contributed by atoms with Crippen LogP contribution >= 0.6 is 11.3 Å². The van der Waals surface area contributed by atoms with E-state index in [1.807, 2.05) is 44.4 Å². The van der Waals surface area contributed by atoms with Crippen molar-refractivity contribution in [3.63, 3.8) is 0 Å². The maximum atomic E-state index is 13.2. The second-order valence-corrected chi connectivity index (χ2v) is 8.52. The maximum Gasteiger partial charge on any atom is 0.293 e. The van der Waals surface area contributed by atoms with E-state index >= 15 is 0 Å². The average Bonchev–Trinajstić information content (AvgIpc) is 3.34. The minimum absolute atomic E-state index is 0.119. The van der Waals surface area contributed by atoms with Gasteiger partial charge in [0, 0.05) is 5.56 Å². The standard InChI is InChI=1S/C21H20N4O2S/c1-21(2,3)25-19-15(12-22-25)18(17-10-7-11-28-17)23-24(20(19)27)13-16(26)14-8-5-4-6-9-14/h4-12H,13H2,1-3H3. The number of Topliss-reactive ketones (excluding diaryl/α,β-unsaturated/α-hetero) is 1. The number of hydrogen-bond acceptors (Lipinski definition) is 5. The second kappa shape index (κ2) is 6.83. The Morgan fingerprint density at radius 2 is 1.86 bits per heavy atom. The SMILES string of the molecule is CC(C)(C)n1ncc2c(-c3cccs3)nn(CC(=O)c3ccccc3)c(=O)c21. The zero-order chi connectivity index (χ0) is 19.9. The Hall–Kier alpha value is -3.06. The number of carbonyl (C=O) groups is 1. The van der Waals surface area contributed by atoms with Crippen LogP contribution < -0.4 is 5.56 Å². The monoisotopic (exact) mass is 392 g/mol. The third kappa shape index (κ3) is 3.18. The molecule has 4 aromatic rings. The normalized spacial score (nSPS) is 11.8. The lowest BCUT2D eigenvalue weighted by Gasteiger charge is -2.20. The summed E-state index contributed by atoms with van der Waals surface area (Å²) in [6.07, 6.45) is 1.69. The third-order valence-corrected chi connectivity index (χ3v) is 5.34. The lowest BCUT2D eigenvalue weighted by Crippen LogP contribution is -2.32. The van der Waals surface area contributed by atoms with E-state index in [2.05, 4.69) is 10.2 Å². The van der Waals surface area contributed by atoms with E-state index in [1.165, 1.54) is 16.0 Å². The summed E-state index contributed by atoms with van der Waals surface area (Å²) in [4.78, 5) is 26.9. The first-order valence-corrected chi connectivity index (χ1v) is 9.85. The van der Waals surface area contributed by atoms with Gasteiger partial charge in [-0.25, -0.2) is 4.68 Å². The van der Waals surface area contributed by atoms with Crippen LogP contribution in [0.25, 0.3) is 21.5 Å². The molecule has 0 aliphatic rings. The van der Waals surface area contributed by atoms with E-state index in [0.717, 1.165) is 4.88 Å². The third-order valence-electron chi connectivity index (χ3n) is 4.46. The summed E-state index contributed by atoms with van der Waals surface area (Å²) >= 11 is 1.54. The number of benzene rings is 1. The van der Waals surface area contributed by atoms with Gasteiger partial charge in [-0.05, 0) is 32.2 Å². The van der Waals surface area contributed by atoms with Crippen molar-refractivity contribution in [2.24, 2.45) is 0 Å². The van der Waals surface area contributed by atoms with E-state index in [-0.39, 0.29) is 23.4 Å². The Bertz CT molecular complexity index is 1200. The van der Waals surface area contributed by atoms with E-state index in [0.29, 0.717) is 22.2 Å². The molecule has 3 aromatic heterocycles. The van der Waals surface area contributed by atoms with E-state index in [1.54, 1.807) is 35.1 Å². The highest BCUT2D eigenvalue weighted by molar-refractivity contribution is 7.13. The molecule has 0 aliphatic carbocycles. The van der Waals surface area contributed by atoms with Gasteiger partial charge in [0.15, 0.2) is 5.78 Å². The van der Waals surface area contributed by atoms with Crippen LogP contribution in [-0.2, 0) is 12.1 Å². The molecule has 0 aliphatic heterocycles. The van der Waals surface area contributed by atoms with Crippen LogP contribution in [0, 0.1) is 0 Å². The van der Waals surface area contributed by atoms with Gasteiger partial charge < -0.3 is 0 Å². The Morgan fingerprint density at radius 1 is 1.11 bits per heavy atom. The molecule has 0 saturated carbocycles. The van der Waals surface area contributed by atoms with Crippen molar-refractivity contribution in [1.29, 1.82) is 0 Å². The minimum atomic E-state index is -0.379. The molecule has 0 bridgehead atoms. The number of fused-ring (bicyclic) bond motifs is 1. The lowest BCUT2D eigenvalue weighted by molar-refractivity contribution is 0.0966. The first-order valence-electron chi connectivity index (χ1n) is 8.98. The molecule has 7 heteroatoms. The number of nitrogens with zero attached hydrogens (tertiary/aromatic N) is 4. The van der Waals surface area contributed by atoms with Crippen molar-refractivity contribution >= 4 is 28.0 Å². The van der Waals surface area contributed by atoms with Gasteiger partial charge in [-0.3, -0.25) is 14.3 Å². The summed E-state index contributed by atoms with van der Waals surface area (Å²) in [6, 6.07) is 12.8. The quantitative estimate of drug-likeness (QED) is 0.493. The molecule has 0 atom stereocenters. The van der Waals surface area contributed by atoms with Gasteiger partial charge in [0.05, 0.1) is 22.0 Å². The van der Waals surface area contributed by atoms with Gasteiger partial charge in [-0.1, -0.05) is 36.4 Å². The molecule has 0 spiro atoms. The Balaban J connectivity index is 1.93. The molecule has 3 heterocycles. The van der Waals surface area contributed by atoms with Gasteiger partial charge in [-0.2, -0.15) is 10.2 Å². The second-order valence-electron chi connectivity index (χ2n) is 7.57. The number of hydrogen-bond donors (Lipinski definition) is 0. The Labute approximate surface area is 166 Å². The van der Waals surface area contributed by atoms with E-state index < -0.39 is 0 Å². The average molecular weight is 392 g/mol. The van der Waals surface area contributed by atoms with Gasteiger partial charge in [0.1, 0.15) is 17.8 Å². The molecular formula is C21H20N4O2S. The summed E-state index contributed by atoms with van der Waals surface area (Å²) in [5.41, 5.74) is 0.994. The van der Waals surface area contributed by atoms with Crippen molar-refractivity contribution in [2.75, 3.05) is 0 Å². The first-order chi connectivity index (χ1) is 13.4. The van der Waals surface area contributed by atoms with Crippen LogP contribution in [0.2, 0.25) is 0 Å². The van der Waals surface area contributed by atoms with Gasteiger partial charge in [0.25, 0.3) is 5.56 Å². The van der Waals surface area contributed by atoms with Crippen molar-refractivity contribution in [1.82, 2.24) is 19.6 Å². The van der Waals surface area contributed by atoms with E-state index in [9.17, 15) is 9.59 Å². The van der Waals surface area contributed by atoms with Gasteiger partial charge in [-0.15, -0.1) is 11.3 Å². The number of rotatable bonds is 4. The molecule has 0 saturated heterocycles. The summed E-state index contributed by atoms with van der Waals surface area (Å²) in [5, 5.41) is 11.7. The van der Waals surface area contributed by atoms with Crippen molar-refractivity contribution in [3.05, 3.63) is 70.0 Å². The highest BCUT2D eigenvalue weighted by Gasteiger charge is 2.24. The van der Waals surface area contributed by atoms with Crippen LogP contribution in [0.3, 0.4) is 0 Å². The predicted molar refractivity (Wildman–Crippen MR) is 111 cm³/mol. The first kappa shape index (κ1) is 18.3. The fourth-order valence-corrected chi connectivity index (χ4v) is 3.86. The topological polar surface area (TPSA) is 69.8 Å². The molecule has 1 aromatic carbocycles. The summed E-state index contributed by atoms with van der Waals surface area (Å²) in [6.45, 7) is 5.85. The van der Waals surface area contributed by atoms with Gasteiger partial charge >= 0.3 is 0 Å². The van der Waals surface area contributed by atoms with Crippen LogP contribution in [-0.4, -0.2) is 25.3 Å². The summed E-state index contributed by atoms with van der Waals surface area (Å²) in [5.74, 6) is -0.159. The summed E-state index contributed by atoms with van der Waals surface area (Å²) in [7, 11) is 0. The molecule has 142 valence electrons. The molecular weight excluding hydrogens is 372 g/mol. The molecule has 0 radical (unpaired) electrons. The number of ketones is 1. The smallest absolute Gasteiger partial charge is 0.292 e. The fourth-order valence-electron chi connectivity index (χ4n) is 3.13. The summed E-state index contributed by atoms with van der Waals surface area (Å²) < 4.78 is 2.98. The lowest BCUT2D eigenvalue weighted by atomic mass is 10.1. The Kier molecular flexibility index (Phi) is 4.47. The highest BCUT2D eigenvalue weighted by atomic mass is 32.1. The fraction of sp³-hybridized carbons (Fsp3) is 0.238.